The number of hydrogen-bond donors (Lipinski definition) is 2. The highest BCUT2D eigenvalue weighted by Gasteiger charge is 2.34. The highest BCUT2D eigenvalue weighted by molar-refractivity contribution is 6.33. The Morgan fingerprint density at radius 1 is 1.22 bits per heavy atom. The molecule has 0 amide bonds. The molecular weight excluding hydrogens is 258 g/mol. The van der Waals surface area contributed by atoms with E-state index in [1.807, 2.05) is 0 Å². The number of nitrogens with two attached hydrogens (primary N) is 1. The maximum atomic E-state index is 11.1. The third-order valence-corrected chi connectivity index (χ3v) is 3.76. The first-order valence-electron chi connectivity index (χ1n) is 5.72. The van der Waals surface area contributed by atoms with Gasteiger partial charge in [0.15, 0.2) is 0 Å². The van der Waals surface area contributed by atoms with Crippen molar-refractivity contribution in [3.8, 4) is 11.5 Å². The SMILES string of the molecule is NC(C(=O)O)c1c2c(c(Cl)c3c1OCC3)OCC2. The van der Waals surface area contributed by atoms with E-state index in [0.717, 1.165) is 11.1 Å². The summed E-state index contributed by atoms with van der Waals surface area (Å²) in [7, 11) is 0. The molecule has 1 aromatic carbocycles. The minimum Gasteiger partial charge on any atom is -0.493 e. The van der Waals surface area contributed by atoms with Gasteiger partial charge in [0.25, 0.3) is 0 Å². The van der Waals surface area contributed by atoms with Gasteiger partial charge in [-0.15, -0.1) is 0 Å². The monoisotopic (exact) mass is 269 g/mol. The van der Waals surface area contributed by atoms with Gasteiger partial charge in [-0.25, -0.2) is 0 Å². The molecule has 0 aromatic heterocycles. The molecule has 0 spiro atoms. The van der Waals surface area contributed by atoms with Crippen molar-refractivity contribution >= 4 is 17.6 Å². The smallest absolute Gasteiger partial charge is 0.325 e. The molecule has 6 heteroatoms. The number of ether oxygens (including phenoxy) is 2. The highest BCUT2D eigenvalue weighted by Crippen LogP contribution is 2.48. The largest absolute Gasteiger partial charge is 0.493 e. The molecule has 0 aliphatic carbocycles. The van der Waals surface area contributed by atoms with Crippen molar-refractivity contribution in [3.63, 3.8) is 0 Å². The van der Waals surface area contributed by atoms with Gasteiger partial charge in [0.1, 0.15) is 17.5 Å². The Bertz CT molecular complexity index is 508. The number of rotatable bonds is 2. The van der Waals surface area contributed by atoms with Crippen molar-refractivity contribution in [1.29, 1.82) is 0 Å². The number of halogens is 1. The second-order valence-electron chi connectivity index (χ2n) is 4.36. The molecule has 1 aromatic rings. The van der Waals surface area contributed by atoms with Crippen LogP contribution in [0.15, 0.2) is 0 Å². The maximum Gasteiger partial charge on any atom is 0.325 e. The van der Waals surface area contributed by atoms with Crippen LogP contribution in [0.5, 0.6) is 11.5 Å². The van der Waals surface area contributed by atoms with Crippen LogP contribution in [0.1, 0.15) is 22.7 Å². The summed E-state index contributed by atoms with van der Waals surface area (Å²) in [5, 5.41) is 9.65. The Hall–Kier alpha value is -1.46. The number of carbonyl (C=O) groups is 1. The first-order chi connectivity index (χ1) is 8.61. The predicted octanol–water partition coefficient (Wildman–Crippen LogP) is 1.29. The number of carboxylic acid groups (broad SMARTS) is 1. The van der Waals surface area contributed by atoms with Gasteiger partial charge in [-0.3, -0.25) is 4.79 Å². The molecule has 0 bridgehead atoms. The van der Waals surface area contributed by atoms with Crippen molar-refractivity contribution < 1.29 is 19.4 Å². The summed E-state index contributed by atoms with van der Waals surface area (Å²) < 4.78 is 11.0. The second-order valence-corrected chi connectivity index (χ2v) is 4.73. The number of fused-ring (bicyclic) bond motifs is 2. The molecule has 0 saturated heterocycles. The van der Waals surface area contributed by atoms with Crippen LogP contribution in [0.3, 0.4) is 0 Å². The molecule has 0 radical (unpaired) electrons. The van der Waals surface area contributed by atoms with Gasteiger partial charge >= 0.3 is 5.97 Å². The number of aliphatic carboxylic acids is 1. The van der Waals surface area contributed by atoms with E-state index in [0.29, 0.717) is 48.1 Å². The van der Waals surface area contributed by atoms with E-state index in [9.17, 15) is 4.79 Å². The lowest BCUT2D eigenvalue weighted by Crippen LogP contribution is -2.22. The average molecular weight is 270 g/mol. The highest BCUT2D eigenvalue weighted by atomic mass is 35.5. The third-order valence-electron chi connectivity index (χ3n) is 3.36. The number of hydrogen-bond acceptors (Lipinski definition) is 4. The summed E-state index contributed by atoms with van der Waals surface area (Å²) in [6.07, 6.45) is 1.27. The lowest BCUT2D eigenvalue weighted by Gasteiger charge is -2.17. The Morgan fingerprint density at radius 3 is 2.50 bits per heavy atom. The minimum absolute atomic E-state index is 0.497. The van der Waals surface area contributed by atoms with Gasteiger partial charge in [-0.2, -0.15) is 0 Å². The fourth-order valence-corrected chi connectivity index (χ4v) is 2.89. The molecule has 96 valence electrons. The molecule has 18 heavy (non-hydrogen) atoms. The van der Waals surface area contributed by atoms with E-state index in [-0.39, 0.29) is 0 Å². The van der Waals surface area contributed by atoms with Crippen molar-refractivity contribution in [2.75, 3.05) is 13.2 Å². The van der Waals surface area contributed by atoms with Gasteiger partial charge in [-0.05, 0) is 0 Å². The topological polar surface area (TPSA) is 81.8 Å². The van der Waals surface area contributed by atoms with Crippen molar-refractivity contribution in [2.24, 2.45) is 5.73 Å². The average Bonchev–Trinajstić information content (AvgIpc) is 2.96. The summed E-state index contributed by atoms with van der Waals surface area (Å²) in [4.78, 5) is 11.1. The molecule has 2 heterocycles. The molecule has 5 nitrogen and oxygen atoms in total. The molecule has 1 unspecified atom stereocenters. The van der Waals surface area contributed by atoms with E-state index in [4.69, 9.17) is 31.9 Å². The lowest BCUT2D eigenvalue weighted by atomic mass is 9.94. The van der Waals surface area contributed by atoms with Crippen LogP contribution in [-0.4, -0.2) is 24.3 Å². The Kier molecular flexibility index (Phi) is 2.60. The van der Waals surface area contributed by atoms with E-state index in [2.05, 4.69) is 0 Å². The van der Waals surface area contributed by atoms with Crippen LogP contribution in [0, 0.1) is 0 Å². The fourth-order valence-electron chi connectivity index (χ4n) is 2.54. The molecule has 2 aliphatic heterocycles. The van der Waals surface area contributed by atoms with Crippen molar-refractivity contribution in [2.45, 2.75) is 18.9 Å². The Morgan fingerprint density at radius 2 is 1.83 bits per heavy atom. The molecule has 0 saturated carbocycles. The zero-order valence-corrected chi connectivity index (χ0v) is 10.3. The van der Waals surface area contributed by atoms with Crippen LogP contribution >= 0.6 is 11.6 Å². The molecule has 3 N–H and O–H groups in total. The zero-order valence-electron chi connectivity index (χ0n) is 9.53. The van der Waals surface area contributed by atoms with Gasteiger partial charge in [0.05, 0.1) is 18.2 Å². The second kappa shape index (κ2) is 4.03. The number of benzene rings is 1. The first-order valence-corrected chi connectivity index (χ1v) is 6.10. The summed E-state index contributed by atoms with van der Waals surface area (Å²) in [6, 6.07) is -1.11. The van der Waals surface area contributed by atoms with E-state index < -0.39 is 12.0 Å². The standard InChI is InChI=1S/C12H12ClNO4/c13-8-6-2-4-17-10(6)7(9(14)12(15)16)5-1-3-18-11(5)8/h9H,1-4,14H2,(H,15,16). The van der Waals surface area contributed by atoms with Crippen LogP contribution in [0.25, 0.3) is 0 Å². The zero-order chi connectivity index (χ0) is 12.9. The Labute approximate surface area is 108 Å². The lowest BCUT2D eigenvalue weighted by molar-refractivity contribution is -0.138. The van der Waals surface area contributed by atoms with Crippen LogP contribution in [0.2, 0.25) is 5.02 Å². The normalized spacial score (nSPS) is 17.7. The summed E-state index contributed by atoms with van der Waals surface area (Å²) >= 11 is 6.26. The molecule has 3 rings (SSSR count). The molecule has 2 aliphatic rings. The summed E-state index contributed by atoms with van der Waals surface area (Å²) in [5.74, 6) is 0.0379. The van der Waals surface area contributed by atoms with Gasteiger partial charge in [0.2, 0.25) is 0 Å². The third kappa shape index (κ3) is 1.47. The van der Waals surface area contributed by atoms with Gasteiger partial charge < -0.3 is 20.3 Å². The first kappa shape index (κ1) is 11.6. The molecule has 1 atom stereocenters. The van der Waals surface area contributed by atoms with E-state index in [1.165, 1.54) is 0 Å². The van der Waals surface area contributed by atoms with Gasteiger partial charge in [0, 0.05) is 29.5 Å². The molecule has 0 fully saturated rings. The van der Waals surface area contributed by atoms with E-state index in [1.54, 1.807) is 0 Å². The number of carboxylic acids is 1. The summed E-state index contributed by atoms with van der Waals surface area (Å²) in [5.41, 5.74) is 7.86. The van der Waals surface area contributed by atoms with Crippen LogP contribution in [0.4, 0.5) is 0 Å². The minimum atomic E-state index is -1.11. The quantitative estimate of drug-likeness (QED) is 0.846. The van der Waals surface area contributed by atoms with Crippen molar-refractivity contribution in [1.82, 2.24) is 0 Å². The van der Waals surface area contributed by atoms with Crippen molar-refractivity contribution in [3.05, 3.63) is 21.7 Å². The molecular formula is C12H12ClNO4. The van der Waals surface area contributed by atoms with Crippen LogP contribution < -0.4 is 15.2 Å². The van der Waals surface area contributed by atoms with Gasteiger partial charge in [-0.1, -0.05) is 11.6 Å². The van der Waals surface area contributed by atoms with Crippen LogP contribution in [-0.2, 0) is 17.6 Å². The fraction of sp³-hybridized carbons (Fsp3) is 0.417. The Balaban J connectivity index is 2.27. The predicted molar refractivity (Wildman–Crippen MR) is 64.4 cm³/mol. The summed E-state index contributed by atoms with van der Waals surface area (Å²) in [6.45, 7) is 0.995. The van der Waals surface area contributed by atoms with E-state index >= 15 is 0 Å². The maximum absolute atomic E-state index is 11.1.